The van der Waals surface area contributed by atoms with Crippen molar-refractivity contribution in [3.8, 4) is 10.9 Å². The number of hydrogen-bond donors (Lipinski definition) is 0. The van der Waals surface area contributed by atoms with Crippen molar-refractivity contribution in [2.75, 3.05) is 0 Å². The first kappa shape index (κ1) is 8.52. The van der Waals surface area contributed by atoms with Gasteiger partial charge in [-0.25, -0.2) is 0 Å². The van der Waals surface area contributed by atoms with E-state index in [1.807, 2.05) is 7.05 Å². The number of aromatic nitrogens is 3. The first-order valence-electron chi connectivity index (χ1n) is 3.51. The van der Waals surface area contributed by atoms with E-state index in [2.05, 4.69) is 10.1 Å². The van der Waals surface area contributed by atoms with Crippen LogP contribution in [-0.2, 0) is 7.05 Å². The molecule has 2 aromatic heterocycles. The van der Waals surface area contributed by atoms with Gasteiger partial charge in [0.1, 0.15) is 5.15 Å². The number of ether oxygens (including phenoxy) is 1. The highest BCUT2D eigenvalue weighted by molar-refractivity contribution is 7.11. The summed E-state index contributed by atoms with van der Waals surface area (Å²) < 4.78 is 7.02. The smallest absolute Gasteiger partial charge is 0.280 e. The average molecular weight is 216 g/mol. The molecule has 0 bridgehead atoms. The zero-order chi connectivity index (χ0) is 9.26. The fraction of sp³-hybridized carbons (Fsp3) is 0.143. The zero-order valence-corrected chi connectivity index (χ0v) is 8.34. The molecule has 0 spiro atoms. The maximum atomic E-state index is 5.63. The Morgan fingerprint density at radius 2 is 2.46 bits per heavy atom. The van der Waals surface area contributed by atoms with Crippen molar-refractivity contribution in [3.63, 3.8) is 0 Å². The van der Waals surface area contributed by atoms with E-state index in [1.54, 1.807) is 22.5 Å². The van der Waals surface area contributed by atoms with E-state index >= 15 is 0 Å². The van der Waals surface area contributed by atoms with E-state index in [4.69, 9.17) is 16.3 Å². The summed E-state index contributed by atoms with van der Waals surface area (Å²) in [6, 6.07) is 0. The van der Waals surface area contributed by atoms with Gasteiger partial charge in [-0.1, -0.05) is 22.9 Å². The van der Waals surface area contributed by atoms with Crippen molar-refractivity contribution >= 4 is 22.9 Å². The number of rotatable bonds is 2. The highest BCUT2D eigenvalue weighted by Crippen LogP contribution is 2.26. The molecule has 0 saturated heterocycles. The van der Waals surface area contributed by atoms with Crippen LogP contribution in [0.2, 0.25) is 5.15 Å². The summed E-state index contributed by atoms with van der Waals surface area (Å²) in [5.41, 5.74) is 0. The van der Waals surface area contributed by atoms with Gasteiger partial charge >= 0.3 is 0 Å². The largest absolute Gasteiger partial charge is 0.427 e. The Bertz CT molecular complexity index is 373. The van der Waals surface area contributed by atoms with Crippen molar-refractivity contribution in [3.05, 3.63) is 22.9 Å². The molecule has 68 valence electrons. The first-order valence-corrected chi connectivity index (χ1v) is 4.77. The van der Waals surface area contributed by atoms with Crippen LogP contribution in [-0.4, -0.2) is 14.8 Å². The fourth-order valence-electron chi connectivity index (χ4n) is 0.838. The molecule has 0 unspecified atom stereocenters. The van der Waals surface area contributed by atoms with E-state index in [-0.39, 0.29) is 0 Å². The standard InChI is InChI=1S/C7H6ClN3OS/c1-11-3-5(2-9-11)12-7-10-6(8)4-13-7/h2-4H,1H3. The molecule has 2 aromatic rings. The summed E-state index contributed by atoms with van der Waals surface area (Å²) in [7, 11) is 1.82. The summed E-state index contributed by atoms with van der Waals surface area (Å²) in [6.07, 6.45) is 3.38. The SMILES string of the molecule is Cn1cc(Oc2nc(Cl)cs2)cn1. The minimum absolute atomic E-state index is 0.448. The number of aryl methyl sites for hydroxylation is 1. The summed E-state index contributed by atoms with van der Waals surface area (Å²) in [4.78, 5) is 3.94. The van der Waals surface area contributed by atoms with Crippen molar-refractivity contribution in [2.24, 2.45) is 7.05 Å². The van der Waals surface area contributed by atoms with E-state index in [0.29, 0.717) is 16.1 Å². The second-order valence-corrected chi connectivity index (χ2v) is 3.60. The zero-order valence-electron chi connectivity index (χ0n) is 6.77. The minimum Gasteiger partial charge on any atom is -0.427 e. The van der Waals surface area contributed by atoms with Gasteiger partial charge in [-0.2, -0.15) is 10.1 Å². The lowest BCUT2D eigenvalue weighted by atomic mass is 10.7. The van der Waals surface area contributed by atoms with Crippen LogP contribution in [0.3, 0.4) is 0 Å². The third kappa shape index (κ3) is 1.99. The third-order valence-corrected chi connectivity index (χ3v) is 2.38. The Morgan fingerprint density at radius 1 is 1.62 bits per heavy atom. The lowest BCUT2D eigenvalue weighted by Gasteiger charge is -1.94. The van der Waals surface area contributed by atoms with Gasteiger partial charge in [-0.3, -0.25) is 4.68 Å². The Kier molecular flexibility index (Phi) is 2.20. The summed E-state index contributed by atoms with van der Waals surface area (Å²) in [6.45, 7) is 0. The average Bonchev–Trinajstić information content (AvgIpc) is 2.62. The molecule has 13 heavy (non-hydrogen) atoms. The monoisotopic (exact) mass is 215 g/mol. The Hall–Kier alpha value is -1.07. The summed E-state index contributed by atoms with van der Waals surface area (Å²) in [5, 5.41) is 6.64. The Morgan fingerprint density at radius 3 is 3.00 bits per heavy atom. The maximum Gasteiger partial charge on any atom is 0.280 e. The molecule has 0 radical (unpaired) electrons. The second-order valence-electron chi connectivity index (χ2n) is 2.39. The van der Waals surface area contributed by atoms with Crippen LogP contribution in [0.5, 0.6) is 10.9 Å². The predicted octanol–water partition coefficient (Wildman–Crippen LogP) is 2.32. The number of halogens is 1. The molecule has 2 rings (SSSR count). The van der Waals surface area contributed by atoms with Gasteiger partial charge in [0.15, 0.2) is 5.75 Å². The van der Waals surface area contributed by atoms with E-state index in [0.717, 1.165) is 0 Å². The van der Waals surface area contributed by atoms with Gasteiger partial charge in [0.05, 0.1) is 12.4 Å². The van der Waals surface area contributed by atoms with Crippen molar-refractivity contribution in [2.45, 2.75) is 0 Å². The van der Waals surface area contributed by atoms with Crippen LogP contribution in [0.25, 0.3) is 0 Å². The van der Waals surface area contributed by atoms with Gasteiger partial charge in [0, 0.05) is 12.4 Å². The summed E-state index contributed by atoms with van der Waals surface area (Å²) >= 11 is 6.98. The molecule has 0 N–H and O–H groups in total. The van der Waals surface area contributed by atoms with Crippen molar-refractivity contribution in [1.82, 2.24) is 14.8 Å². The van der Waals surface area contributed by atoms with Gasteiger partial charge in [0.25, 0.3) is 5.19 Å². The van der Waals surface area contributed by atoms with E-state index < -0.39 is 0 Å². The quantitative estimate of drug-likeness (QED) is 0.772. The van der Waals surface area contributed by atoms with E-state index in [9.17, 15) is 0 Å². The predicted molar refractivity (Wildman–Crippen MR) is 50.4 cm³/mol. The van der Waals surface area contributed by atoms with Crippen LogP contribution < -0.4 is 4.74 Å². The highest BCUT2D eigenvalue weighted by Gasteiger charge is 2.03. The molecule has 0 aliphatic heterocycles. The van der Waals surface area contributed by atoms with Crippen LogP contribution >= 0.6 is 22.9 Å². The number of hydrogen-bond acceptors (Lipinski definition) is 4. The lowest BCUT2D eigenvalue weighted by molar-refractivity contribution is 0.478. The lowest BCUT2D eigenvalue weighted by Crippen LogP contribution is -1.84. The van der Waals surface area contributed by atoms with Crippen molar-refractivity contribution in [1.29, 1.82) is 0 Å². The van der Waals surface area contributed by atoms with Gasteiger partial charge in [-0.15, -0.1) is 0 Å². The number of nitrogens with zero attached hydrogens (tertiary/aromatic N) is 3. The van der Waals surface area contributed by atoms with Gasteiger partial charge in [0.2, 0.25) is 0 Å². The van der Waals surface area contributed by atoms with Crippen LogP contribution in [0, 0.1) is 0 Å². The second kappa shape index (κ2) is 3.35. The third-order valence-electron chi connectivity index (χ3n) is 1.34. The molecule has 6 heteroatoms. The molecular formula is C7H6ClN3OS. The van der Waals surface area contributed by atoms with E-state index in [1.165, 1.54) is 11.3 Å². The van der Waals surface area contributed by atoms with Crippen LogP contribution in [0.1, 0.15) is 0 Å². The van der Waals surface area contributed by atoms with Gasteiger partial charge < -0.3 is 4.74 Å². The Balaban J connectivity index is 2.14. The van der Waals surface area contributed by atoms with Crippen LogP contribution in [0.4, 0.5) is 0 Å². The summed E-state index contributed by atoms with van der Waals surface area (Å²) in [5.74, 6) is 0.661. The van der Waals surface area contributed by atoms with Crippen molar-refractivity contribution < 1.29 is 4.74 Å². The molecule has 0 aromatic carbocycles. The topological polar surface area (TPSA) is 39.9 Å². The molecule has 0 aliphatic rings. The minimum atomic E-state index is 0.448. The fourth-order valence-corrected chi connectivity index (χ4v) is 1.64. The van der Waals surface area contributed by atoms with Crippen LogP contribution in [0.15, 0.2) is 17.8 Å². The number of thiazole rings is 1. The molecule has 0 atom stereocenters. The molecule has 2 heterocycles. The molecule has 0 fully saturated rings. The maximum absolute atomic E-state index is 5.63. The molecular weight excluding hydrogens is 210 g/mol. The molecule has 0 saturated carbocycles. The molecule has 4 nitrogen and oxygen atoms in total. The first-order chi connectivity index (χ1) is 6.24. The Labute approximate surface area is 83.7 Å². The molecule has 0 aliphatic carbocycles. The normalized spacial score (nSPS) is 10.3. The van der Waals surface area contributed by atoms with Gasteiger partial charge in [-0.05, 0) is 0 Å². The molecule has 0 amide bonds. The highest BCUT2D eigenvalue weighted by atomic mass is 35.5.